The Bertz CT molecular complexity index is 4720. The molecule has 0 aliphatic rings. The van der Waals surface area contributed by atoms with Crippen molar-refractivity contribution in [1.29, 1.82) is 0 Å². The van der Waals surface area contributed by atoms with Crippen LogP contribution in [-0.4, -0.2) is 0 Å². The Morgan fingerprint density at radius 3 is 0.531 bits per heavy atom. The number of hydrogen-bond donors (Lipinski definition) is 0. The third-order valence-electron chi connectivity index (χ3n) is 19.8. The zero-order valence-electron chi connectivity index (χ0n) is 60.4. The maximum absolute atomic E-state index is 2.56. The van der Waals surface area contributed by atoms with Gasteiger partial charge in [0.2, 0.25) is 0 Å². The van der Waals surface area contributed by atoms with E-state index in [1.54, 1.807) is 0 Å². The maximum atomic E-state index is 2.56. The van der Waals surface area contributed by atoms with Crippen LogP contribution in [0.1, 0.15) is 158 Å². The van der Waals surface area contributed by atoms with Crippen molar-refractivity contribution in [3.8, 4) is 122 Å². The van der Waals surface area contributed by atoms with Crippen LogP contribution in [0.5, 0.6) is 0 Å². The standard InChI is InChI=1S/C96H98/c1-91(2,3)71-49-37-63(38-50-71)81-61-83(87(68-43-55-74(56-44-68)94(10,11)12)89(66-31-23-20-24-32-66)85(81)65-29-21-19-22-30-65)79-35-27-25-33-77(79)78-34-26-28-36-80(78)84-62-82(64-39-51-72(52-40-64)92(4,5)6)86(67-41-53-73(54-42-67)93(7,8)9)90(70-47-59-76(60-48-70)96(16,17)18)88(84)69-45-57-75(58-46-69)95(13,14)15/h19-62H,1-18H3. The highest BCUT2D eigenvalue weighted by molar-refractivity contribution is 6.12. The van der Waals surface area contributed by atoms with E-state index >= 15 is 0 Å². The summed E-state index contributed by atoms with van der Waals surface area (Å²) in [5.74, 6) is 0. The minimum Gasteiger partial charge on any atom is -0.0622 e. The molecule has 0 fully saturated rings. The third kappa shape index (κ3) is 13.6. The molecule has 0 aliphatic heterocycles. The highest BCUT2D eigenvalue weighted by Crippen LogP contribution is 2.56. The number of rotatable bonds is 11. The summed E-state index contributed by atoms with van der Waals surface area (Å²) in [7, 11) is 0. The van der Waals surface area contributed by atoms with Crippen LogP contribution in [0.4, 0.5) is 0 Å². The van der Waals surface area contributed by atoms with Crippen molar-refractivity contribution < 1.29 is 0 Å². The summed E-state index contributed by atoms with van der Waals surface area (Å²) >= 11 is 0. The first-order chi connectivity index (χ1) is 45.4. The highest BCUT2D eigenvalue weighted by atomic mass is 14.3. The summed E-state index contributed by atoms with van der Waals surface area (Å²) in [6, 6.07) is 103. The van der Waals surface area contributed by atoms with Crippen LogP contribution in [0.3, 0.4) is 0 Å². The second kappa shape index (κ2) is 25.7. The fourth-order valence-electron chi connectivity index (χ4n) is 14.0. The molecule has 0 unspecified atom stereocenters. The van der Waals surface area contributed by atoms with Crippen LogP contribution in [0.15, 0.2) is 267 Å². The lowest BCUT2D eigenvalue weighted by atomic mass is 9.75. The van der Waals surface area contributed by atoms with Crippen molar-refractivity contribution in [2.24, 2.45) is 0 Å². The largest absolute Gasteiger partial charge is 0.0622 e. The van der Waals surface area contributed by atoms with Crippen molar-refractivity contribution in [3.63, 3.8) is 0 Å². The van der Waals surface area contributed by atoms with Crippen molar-refractivity contribution in [2.45, 2.75) is 157 Å². The Morgan fingerprint density at radius 1 is 0.135 bits per heavy atom. The quantitative estimate of drug-likeness (QED) is 0.121. The van der Waals surface area contributed by atoms with Gasteiger partial charge in [0.1, 0.15) is 0 Å². The summed E-state index contributed by atoms with van der Waals surface area (Å²) in [5.41, 5.74) is 33.6. The van der Waals surface area contributed by atoms with Crippen LogP contribution < -0.4 is 0 Å². The average Bonchev–Trinajstić information content (AvgIpc) is 0.731. The van der Waals surface area contributed by atoms with E-state index in [1.165, 1.54) is 134 Å². The molecular weight excluding hydrogens is 1150 g/mol. The lowest BCUT2D eigenvalue weighted by molar-refractivity contribution is 0.590. The molecule has 0 radical (unpaired) electrons. The summed E-state index contributed by atoms with van der Waals surface area (Å²) in [6.45, 7) is 41.6. The molecule has 96 heavy (non-hydrogen) atoms. The van der Waals surface area contributed by atoms with Gasteiger partial charge in [-0.25, -0.2) is 0 Å². The van der Waals surface area contributed by atoms with Crippen LogP contribution in [0, 0.1) is 0 Å². The van der Waals surface area contributed by atoms with Gasteiger partial charge in [-0.2, -0.15) is 0 Å². The molecule has 0 amide bonds. The molecule has 482 valence electrons. The summed E-state index contributed by atoms with van der Waals surface area (Å²) in [6.07, 6.45) is 0. The molecule has 0 heteroatoms. The summed E-state index contributed by atoms with van der Waals surface area (Å²) < 4.78 is 0. The van der Waals surface area contributed by atoms with Gasteiger partial charge in [0.05, 0.1) is 0 Å². The van der Waals surface area contributed by atoms with Gasteiger partial charge in [0.15, 0.2) is 0 Å². The second-order valence-electron chi connectivity index (χ2n) is 33.0. The lowest BCUT2D eigenvalue weighted by Crippen LogP contribution is -2.11. The second-order valence-corrected chi connectivity index (χ2v) is 33.0. The van der Waals surface area contributed by atoms with Crippen LogP contribution >= 0.6 is 0 Å². The van der Waals surface area contributed by atoms with Gasteiger partial charge in [-0.3, -0.25) is 0 Å². The SMILES string of the molecule is CC(C)(C)c1ccc(-c2cc(-c3ccccc3-c3ccccc3-c3cc(-c4ccc(C(C)(C)C)cc4)c(-c4ccc(C(C)(C)C)cc4)c(-c4ccc(C(C)(C)C)cc4)c3-c3ccc(C(C)(C)C)cc3)c(-c3ccc(C(C)(C)C)cc3)c(-c3ccccc3)c2-c2ccccc2)cc1. The molecule has 0 aromatic heterocycles. The van der Waals surface area contributed by atoms with Crippen LogP contribution in [0.2, 0.25) is 0 Å². The third-order valence-corrected chi connectivity index (χ3v) is 19.8. The van der Waals surface area contributed by atoms with E-state index in [9.17, 15) is 0 Å². The van der Waals surface area contributed by atoms with E-state index < -0.39 is 0 Å². The fraction of sp³-hybridized carbons (Fsp3) is 0.250. The van der Waals surface area contributed by atoms with Crippen molar-refractivity contribution in [2.75, 3.05) is 0 Å². The van der Waals surface area contributed by atoms with E-state index in [0.717, 1.165) is 22.3 Å². The maximum Gasteiger partial charge on any atom is -0.00143 e. The van der Waals surface area contributed by atoms with Gasteiger partial charge in [0.25, 0.3) is 0 Å². The Hall–Kier alpha value is -9.36. The highest BCUT2D eigenvalue weighted by Gasteiger charge is 2.31. The zero-order valence-corrected chi connectivity index (χ0v) is 60.4. The van der Waals surface area contributed by atoms with Crippen molar-refractivity contribution >= 4 is 0 Å². The molecule has 0 nitrogen and oxygen atoms in total. The van der Waals surface area contributed by atoms with Crippen molar-refractivity contribution in [3.05, 3.63) is 300 Å². The topological polar surface area (TPSA) is 0 Å². The zero-order chi connectivity index (χ0) is 68.3. The number of hydrogen-bond acceptors (Lipinski definition) is 0. The van der Waals surface area contributed by atoms with Crippen LogP contribution in [-0.2, 0) is 32.5 Å². The molecule has 12 rings (SSSR count). The smallest absolute Gasteiger partial charge is 0.00143 e. The van der Waals surface area contributed by atoms with Gasteiger partial charge in [-0.05, 0) is 200 Å². The molecule has 0 saturated carbocycles. The molecule has 0 aliphatic carbocycles. The van der Waals surface area contributed by atoms with E-state index in [0.29, 0.717) is 0 Å². The molecular formula is C96H98. The number of benzene rings is 12. The monoisotopic (exact) mass is 1250 g/mol. The van der Waals surface area contributed by atoms with E-state index in [-0.39, 0.29) is 32.5 Å². The summed E-state index contributed by atoms with van der Waals surface area (Å²) in [5, 5.41) is 0. The molecule has 0 N–H and O–H groups in total. The van der Waals surface area contributed by atoms with Crippen molar-refractivity contribution in [1.82, 2.24) is 0 Å². The predicted octanol–water partition coefficient (Wildman–Crippen LogP) is 27.8. The summed E-state index contributed by atoms with van der Waals surface area (Å²) in [4.78, 5) is 0. The van der Waals surface area contributed by atoms with Gasteiger partial charge < -0.3 is 0 Å². The molecule has 12 aromatic rings. The molecule has 0 atom stereocenters. The molecule has 0 spiro atoms. The molecule has 12 aromatic carbocycles. The fourth-order valence-corrected chi connectivity index (χ4v) is 14.0. The van der Waals surface area contributed by atoms with Gasteiger partial charge in [0, 0.05) is 0 Å². The normalized spacial score (nSPS) is 12.5. The molecule has 0 bridgehead atoms. The molecule has 0 heterocycles. The van der Waals surface area contributed by atoms with Gasteiger partial charge in [-0.15, -0.1) is 0 Å². The first-order valence-electron chi connectivity index (χ1n) is 34.8. The Balaban J connectivity index is 1.24. The average molecular weight is 1250 g/mol. The Morgan fingerprint density at radius 2 is 0.302 bits per heavy atom. The van der Waals surface area contributed by atoms with Gasteiger partial charge >= 0.3 is 0 Å². The van der Waals surface area contributed by atoms with E-state index in [2.05, 4.69) is 392 Å². The van der Waals surface area contributed by atoms with Crippen LogP contribution in [0.25, 0.3) is 122 Å². The van der Waals surface area contributed by atoms with E-state index in [1.807, 2.05) is 0 Å². The van der Waals surface area contributed by atoms with Gasteiger partial charge in [-0.1, -0.05) is 379 Å². The first-order valence-corrected chi connectivity index (χ1v) is 34.8. The lowest BCUT2D eigenvalue weighted by Gasteiger charge is -2.28. The van der Waals surface area contributed by atoms with E-state index in [4.69, 9.17) is 0 Å². The minimum atomic E-state index is -0.0464. The Kier molecular flexibility index (Phi) is 17.8. The molecule has 0 saturated heterocycles. The predicted molar refractivity (Wildman–Crippen MR) is 418 cm³/mol. The Labute approximate surface area is 576 Å². The minimum absolute atomic E-state index is 0.0143. The first kappa shape index (κ1) is 66.7.